The van der Waals surface area contributed by atoms with E-state index in [-0.39, 0.29) is 0 Å². The van der Waals surface area contributed by atoms with Gasteiger partial charge in [0.05, 0.1) is 5.52 Å². The standard InChI is InChI=1S/C15H22BrN5/c1-11-19-15-14(8-12(16)9-18-15)21(11)10-13-4-2-6-20(13)7-3-5-17/h8-9,13H,2-7,10,17H2,1H3/t13-/m0/s1. The van der Waals surface area contributed by atoms with Crippen molar-refractivity contribution in [1.29, 1.82) is 0 Å². The summed E-state index contributed by atoms with van der Waals surface area (Å²) in [5.41, 5.74) is 7.60. The van der Waals surface area contributed by atoms with E-state index in [1.54, 1.807) is 0 Å². The normalized spacial score (nSPS) is 19.7. The van der Waals surface area contributed by atoms with Gasteiger partial charge in [-0.2, -0.15) is 0 Å². The third-order valence-electron chi connectivity index (χ3n) is 4.30. The molecule has 0 amide bonds. The molecule has 0 unspecified atom stereocenters. The Kier molecular flexibility index (Phi) is 4.57. The maximum absolute atomic E-state index is 5.65. The summed E-state index contributed by atoms with van der Waals surface area (Å²) >= 11 is 3.51. The van der Waals surface area contributed by atoms with E-state index in [2.05, 4.69) is 48.4 Å². The number of nitrogens with two attached hydrogens (primary N) is 1. The van der Waals surface area contributed by atoms with Crippen LogP contribution in [0.3, 0.4) is 0 Å². The molecular weight excluding hydrogens is 330 g/mol. The van der Waals surface area contributed by atoms with Gasteiger partial charge in [0.15, 0.2) is 5.65 Å². The molecule has 0 spiro atoms. The van der Waals surface area contributed by atoms with Crippen LogP contribution in [0.25, 0.3) is 11.2 Å². The van der Waals surface area contributed by atoms with Crippen molar-refractivity contribution >= 4 is 27.1 Å². The van der Waals surface area contributed by atoms with Gasteiger partial charge in [0.2, 0.25) is 0 Å². The molecule has 1 aliphatic heterocycles. The second kappa shape index (κ2) is 6.42. The number of aryl methyl sites for hydroxylation is 1. The largest absolute Gasteiger partial charge is 0.330 e. The second-order valence-electron chi connectivity index (χ2n) is 5.74. The Bertz CT molecular complexity index is 624. The van der Waals surface area contributed by atoms with E-state index in [4.69, 9.17) is 5.73 Å². The molecule has 21 heavy (non-hydrogen) atoms. The number of pyridine rings is 1. The predicted octanol–water partition coefficient (Wildman–Crippen LogP) is 2.32. The SMILES string of the molecule is Cc1nc2ncc(Br)cc2n1C[C@@H]1CCCN1CCCN. The van der Waals surface area contributed by atoms with E-state index >= 15 is 0 Å². The first kappa shape index (κ1) is 14.9. The van der Waals surface area contributed by atoms with Crippen molar-refractivity contribution in [2.45, 2.75) is 38.8 Å². The fraction of sp³-hybridized carbons (Fsp3) is 0.600. The molecule has 0 aromatic carbocycles. The fourth-order valence-electron chi connectivity index (χ4n) is 3.23. The van der Waals surface area contributed by atoms with E-state index in [9.17, 15) is 0 Å². The lowest BCUT2D eigenvalue weighted by atomic mass is 10.2. The number of aromatic nitrogens is 3. The molecule has 1 fully saturated rings. The van der Waals surface area contributed by atoms with Gasteiger partial charge in [-0.3, -0.25) is 4.90 Å². The molecule has 114 valence electrons. The van der Waals surface area contributed by atoms with Gasteiger partial charge in [0.25, 0.3) is 0 Å². The molecule has 3 heterocycles. The van der Waals surface area contributed by atoms with Crippen LogP contribution in [0.2, 0.25) is 0 Å². The van der Waals surface area contributed by atoms with Gasteiger partial charge in [-0.15, -0.1) is 0 Å². The second-order valence-corrected chi connectivity index (χ2v) is 6.66. The zero-order valence-corrected chi connectivity index (χ0v) is 14.0. The summed E-state index contributed by atoms with van der Waals surface area (Å²) in [6, 6.07) is 2.70. The van der Waals surface area contributed by atoms with Crippen LogP contribution >= 0.6 is 15.9 Å². The number of rotatable bonds is 5. The highest BCUT2D eigenvalue weighted by Crippen LogP contribution is 2.23. The van der Waals surface area contributed by atoms with Crippen molar-refractivity contribution in [2.75, 3.05) is 19.6 Å². The summed E-state index contributed by atoms with van der Waals surface area (Å²) in [6.07, 6.45) is 5.42. The van der Waals surface area contributed by atoms with Crippen LogP contribution in [0, 0.1) is 6.92 Å². The minimum Gasteiger partial charge on any atom is -0.330 e. The van der Waals surface area contributed by atoms with Crippen LogP contribution in [-0.2, 0) is 6.54 Å². The van der Waals surface area contributed by atoms with E-state index in [0.717, 1.165) is 47.5 Å². The molecule has 2 aromatic rings. The predicted molar refractivity (Wildman–Crippen MR) is 88.2 cm³/mol. The molecule has 1 saturated heterocycles. The van der Waals surface area contributed by atoms with Crippen LogP contribution in [0.4, 0.5) is 0 Å². The zero-order chi connectivity index (χ0) is 14.8. The highest BCUT2D eigenvalue weighted by molar-refractivity contribution is 9.10. The quantitative estimate of drug-likeness (QED) is 0.897. The topological polar surface area (TPSA) is 60.0 Å². The lowest BCUT2D eigenvalue weighted by Gasteiger charge is -2.25. The van der Waals surface area contributed by atoms with Gasteiger partial charge in [0.1, 0.15) is 5.82 Å². The van der Waals surface area contributed by atoms with Gasteiger partial charge < -0.3 is 10.3 Å². The Morgan fingerprint density at radius 1 is 1.48 bits per heavy atom. The lowest BCUT2D eigenvalue weighted by molar-refractivity contribution is 0.232. The number of fused-ring (bicyclic) bond motifs is 1. The monoisotopic (exact) mass is 351 g/mol. The summed E-state index contributed by atoms with van der Waals surface area (Å²) < 4.78 is 3.31. The Hall–Kier alpha value is -0.980. The van der Waals surface area contributed by atoms with Crippen LogP contribution in [0.15, 0.2) is 16.7 Å². The van der Waals surface area contributed by atoms with Crippen LogP contribution in [0.1, 0.15) is 25.1 Å². The molecule has 0 saturated carbocycles. The fourth-order valence-corrected chi connectivity index (χ4v) is 3.55. The van der Waals surface area contributed by atoms with Crippen molar-refractivity contribution < 1.29 is 0 Å². The zero-order valence-electron chi connectivity index (χ0n) is 12.4. The number of hydrogen-bond acceptors (Lipinski definition) is 4. The molecule has 1 atom stereocenters. The molecule has 6 heteroatoms. The first-order valence-corrected chi connectivity index (χ1v) is 8.41. The molecule has 3 rings (SSSR count). The van der Waals surface area contributed by atoms with E-state index in [0.29, 0.717) is 6.04 Å². The Morgan fingerprint density at radius 3 is 3.14 bits per heavy atom. The van der Waals surface area contributed by atoms with Crippen molar-refractivity contribution in [3.8, 4) is 0 Å². The number of halogens is 1. The van der Waals surface area contributed by atoms with Crippen molar-refractivity contribution in [2.24, 2.45) is 5.73 Å². The van der Waals surface area contributed by atoms with Gasteiger partial charge in [-0.1, -0.05) is 0 Å². The van der Waals surface area contributed by atoms with Crippen LogP contribution in [-0.4, -0.2) is 45.1 Å². The highest BCUT2D eigenvalue weighted by atomic mass is 79.9. The first-order valence-electron chi connectivity index (χ1n) is 7.61. The van der Waals surface area contributed by atoms with E-state index < -0.39 is 0 Å². The molecule has 2 aromatic heterocycles. The number of nitrogens with zero attached hydrogens (tertiary/aromatic N) is 4. The summed E-state index contributed by atoms with van der Waals surface area (Å²) in [5, 5.41) is 0. The highest BCUT2D eigenvalue weighted by Gasteiger charge is 2.25. The van der Waals surface area contributed by atoms with Crippen LogP contribution in [0.5, 0.6) is 0 Å². The van der Waals surface area contributed by atoms with Crippen molar-refractivity contribution in [3.05, 3.63) is 22.6 Å². The third-order valence-corrected chi connectivity index (χ3v) is 4.74. The smallest absolute Gasteiger partial charge is 0.177 e. The summed E-state index contributed by atoms with van der Waals surface area (Å²) in [4.78, 5) is 11.5. The molecule has 5 nitrogen and oxygen atoms in total. The van der Waals surface area contributed by atoms with Crippen LogP contribution < -0.4 is 5.73 Å². The lowest BCUT2D eigenvalue weighted by Crippen LogP contribution is -2.34. The Balaban J connectivity index is 1.83. The summed E-state index contributed by atoms with van der Waals surface area (Å²) in [6.45, 7) is 6.12. The molecule has 0 bridgehead atoms. The average Bonchev–Trinajstić information content (AvgIpc) is 3.03. The molecule has 0 aliphatic carbocycles. The number of likely N-dealkylation sites (tertiary alicyclic amines) is 1. The summed E-state index contributed by atoms with van der Waals surface area (Å²) in [5.74, 6) is 1.04. The third kappa shape index (κ3) is 3.12. The minimum atomic E-state index is 0.589. The van der Waals surface area contributed by atoms with Gasteiger partial charge in [-0.25, -0.2) is 9.97 Å². The molecular formula is C15H22BrN5. The Morgan fingerprint density at radius 2 is 2.33 bits per heavy atom. The number of hydrogen-bond donors (Lipinski definition) is 1. The number of imidazole rings is 1. The van der Waals surface area contributed by atoms with E-state index in [1.165, 1.54) is 19.4 Å². The maximum atomic E-state index is 5.65. The average molecular weight is 352 g/mol. The van der Waals surface area contributed by atoms with Gasteiger partial charge in [-0.05, 0) is 67.8 Å². The first-order chi connectivity index (χ1) is 10.2. The molecule has 0 radical (unpaired) electrons. The van der Waals surface area contributed by atoms with Crippen molar-refractivity contribution in [3.63, 3.8) is 0 Å². The van der Waals surface area contributed by atoms with E-state index in [1.807, 2.05) is 6.20 Å². The van der Waals surface area contributed by atoms with Gasteiger partial charge >= 0.3 is 0 Å². The minimum absolute atomic E-state index is 0.589. The molecule has 1 aliphatic rings. The Labute approximate surface area is 133 Å². The molecule has 2 N–H and O–H groups in total. The summed E-state index contributed by atoms with van der Waals surface area (Å²) in [7, 11) is 0. The van der Waals surface area contributed by atoms with Gasteiger partial charge in [0, 0.05) is 23.3 Å². The van der Waals surface area contributed by atoms with Crippen molar-refractivity contribution in [1.82, 2.24) is 19.4 Å². The maximum Gasteiger partial charge on any atom is 0.177 e.